The van der Waals surface area contributed by atoms with Crippen molar-refractivity contribution in [3.05, 3.63) is 0 Å². The van der Waals surface area contributed by atoms with E-state index in [1.165, 1.54) is 45.1 Å². The fourth-order valence-corrected chi connectivity index (χ4v) is 1.66. The van der Waals surface area contributed by atoms with Crippen LogP contribution in [0.3, 0.4) is 0 Å². The van der Waals surface area contributed by atoms with Crippen LogP contribution in [0.2, 0.25) is 0 Å². The maximum Gasteiger partial charge on any atom is 0.00670 e. The molecular weight excluding hydrogens is 122 g/mol. The van der Waals surface area contributed by atoms with Gasteiger partial charge in [0, 0.05) is 7.47 Å². The van der Waals surface area contributed by atoms with Crippen LogP contribution in [0.15, 0.2) is 0 Å². The lowest BCUT2D eigenvalue weighted by Gasteiger charge is -2.22. The Labute approximate surface area is 65.7 Å². The predicted molar refractivity (Wildman–Crippen MR) is 47.3 cm³/mol. The molecule has 0 aromatic heterocycles. The highest BCUT2D eigenvalue weighted by atomic mass is 14.9. The molecule has 0 amide bonds. The van der Waals surface area contributed by atoms with Crippen LogP contribution in [0.4, 0.5) is 0 Å². The van der Waals surface area contributed by atoms with Gasteiger partial charge in [0.05, 0.1) is 0 Å². The van der Waals surface area contributed by atoms with Gasteiger partial charge in [0.15, 0.2) is 0 Å². The average molecular weight is 143 g/mol. The van der Waals surface area contributed by atoms with E-state index in [1.807, 2.05) is 0 Å². The minimum atomic E-state index is 0. The van der Waals surface area contributed by atoms with Crippen LogP contribution in [0.5, 0.6) is 0 Å². The highest BCUT2D eigenvalue weighted by molar-refractivity contribution is 4.70. The minimum Gasteiger partial charge on any atom is -0.314 e. The lowest BCUT2D eigenvalue weighted by molar-refractivity contribution is 0.374. The largest absolute Gasteiger partial charge is 0.314 e. The second kappa shape index (κ2) is 4.73. The summed E-state index contributed by atoms with van der Waals surface area (Å²) >= 11 is 0. The maximum atomic E-state index is 3.57. The van der Waals surface area contributed by atoms with Crippen molar-refractivity contribution in [2.24, 2.45) is 0 Å². The van der Waals surface area contributed by atoms with Gasteiger partial charge in [-0.05, 0) is 25.8 Å². The lowest BCUT2D eigenvalue weighted by atomic mass is 9.95. The summed E-state index contributed by atoms with van der Waals surface area (Å²) in [5.74, 6) is 0. The second-order valence-corrected chi connectivity index (χ2v) is 3.29. The highest BCUT2D eigenvalue weighted by Crippen LogP contribution is 2.16. The Morgan fingerprint density at radius 1 is 1.30 bits per heavy atom. The van der Waals surface area contributed by atoms with Crippen LogP contribution in [0.25, 0.3) is 0 Å². The number of hydrogen-bond donors (Lipinski definition) is 1. The molecule has 1 heteroatoms. The molecule has 0 bridgehead atoms. The minimum absolute atomic E-state index is 0. The van der Waals surface area contributed by atoms with Crippen LogP contribution < -0.4 is 5.32 Å². The molecule has 0 spiro atoms. The van der Waals surface area contributed by atoms with Crippen molar-refractivity contribution in [1.29, 1.82) is 0 Å². The normalized spacial score (nSPS) is 21.3. The van der Waals surface area contributed by atoms with E-state index >= 15 is 0 Å². The topological polar surface area (TPSA) is 12.0 Å². The monoisotopic (exact) mass is 143 g/mol. The van der Waals surface area contributed by atoms with Gasteiger partial charge < -0.3 is 5.32 Å². The van der Waals surface area contributed by atoms with Crippen LogP contribution in [-0.4, -0.2) is 12.6 Å². The summed E-state index contributed by atoms with van der Waals surface area (Å²) in [6, 6.07) is 0.855. The van der Waals surface area contributed by atoms with Gasteiger partial charge in [0.25, 0.3) is 0 Å². The van der Waals surface area contributed by atoms with Gasteiger partial charge >= 0.3 is 0 Å². The molecule has 1 aliphatic carbocycles. The first-order valence-electron chi connectivity index (χ1n) is 4.67. The smallest absolute Gasteiger partial charge is 0.00670 e. The number of nitrogens with one attached hydrogen (secondary N) is 1. The Morgan fingerprint density at radius 3 is 2.60 bits per heavy atom. The molecule has 0 radical (unpaired) electrons. The van der Waals surface area contributed by atoms with Gasteiger partial charge in [-0.1, -0.05) is 26.2 Å². The van der Waals surface area contributed by atoms with Gasteiger partial charge in [-0.3, -0.25) is 0 Å². The van der Waals surface area contributed by atoms with Crippen LogP contribution in [-0.2, 0) is 0 Å². The molecule has 0 unspecified atom stereocenters. The van der Waals surface area contributed by atoms with Crippen molar-refractivity contribution < 1.29 is 1.43 Å². The number of rotatable bonds is 3. The van der Waals surface area contributed by atoms with E-state index in [0.29, 0.717) is 0 Å². The summed E-state index contributed by atoms with van der Waals surface area (Å²) in [5, 5.41) is 3.57. The van der Waals surface area contributed by atoms with Gasteiger partial charge in [-0.15, -0.1) is 0 Å². The van der Waals surface area contributed by atoms with E-state index < -0.39 is 0 Å². The van der Waals surface area contributed by atoms with Gasteiger partial charge in [0.1, 0.15) is 0 Å². The van der Waals surface area contributed by atoms with E-state index in [9.17, 15) is 0 Å². The third kappa shape index (κ3) is 2.70. The van der Waals surface area contributed by atoms with Crippen molar-refractivity contribution in [2.45, 2.75) is 51.5 Å². The second-order valence-electron chi connectivity index (χ2n) is 3.29. The quantitative estimate of drug-likeness (QED) is 0.640. The first-order chi connectivity index (χ1) is 4.93. The predicted octanol–water partition coefficient (Wildman–Crippen LogP) is 2.56. The molecule has 1 N–H and O–H groups in total. The van der Waals surface area contributed by atoms with Crippen molar-refractivity contribution in [3.63, 3.8) is 0 Å². The zero-order chi connectivity index (χ0) is 7.23. The van der Waals surface area contributed by atoms with Crippen LogP contribution in [0.1, 0.15) is 46.9 Å². The molecule has 1 saturated carbocycles. The third-order valence-corrected chi connectivity index (χ3v) is 2.29. The van der Waals surface area contributed by atoms with Gasteiger partial charge in [-0.2, -0.15) is 0 Å². The van der Waals surface area contributed by atoms with Gasteiger partial charge in [-0.25, -0.2) is 0 Å². The summed E-state index contributed by atoms with van der Waals surface area (Å²) in [5.41, 5.74) is 0. The fourth-order valence-electron chi connectivity index (χ4n) is 1.66. The molecular formula is C9H21N. The van der Waals surface area contributed by atoms with Crippen molar-refractivity contribution in [2.75, 3.05) is 6.54 Å². The van der Waals surface area contributed by atoms with Crippen LogP contribution in [0, 0.1) is 0 Å². The summed E-state index contributed by atoms with van der Waals surface area (Å²) < 4.78 is 0. The van der Waals surface area contributed by atoms with E-state index in [-0.39, 0.29) is 1.43 Å². The fraction of sp³-hybridized carbons (Fsp3) is 1.00. The first kappa shape index (κ1) is 8.06. The summed E-state index contributed by atoms with van der Waals surface area (Å²) in [4.78, 5) is 0. The van der Waals surface area contributed by atoms with Crippen molar-refractivity contribution in [1.82, 2.24) is 5.32 Å². The Hall–Kier alpha value is -0.0400. The standard InChI is InChI=1S/C9H19N.H2/c1-2-8-10-9-6-4-3-5-7-9;/h9-10H,2-8H2,1H3;1H. The molecule has 1 nitrogen and oxygen atoms in total. The van der Waals surface area contributed by atoms with Gasteiger partial charge in [0.2, 0.25) is 0 Å². The molecule has 62 valence electrons. The molecule has 0 aromatic carbocycles. The van der Waals surface area contributed by atoms with Crippen molar-refractivity contribution >= 4 is 0 Å². The zero-order valence-electron chi connectivity index (χ0n) is 7.03. The highest BCUT2D eigenvalue weighted by Gasteiger charge is 2.10. The average Bonchev–Trinajstić information content (AvgIpc) is 2.03. The van der Waals surface area contributed by atoms with Crippen molar-refractivity contribution in [3.8, 4) is 0 Å². The maximum absolute atomic E-state index is 3.57. The molecule has 10 heavy (non-hydrogen) atoms. The van der Waals surface area contributed by atoms with Crippen LogP contribution >= 0.6 is 0 Å². The summed E-state index contributed by atoms with van der Waals surface area (Å²) in [6.45, 7) is 3.44. The molecule has 0 aromatic rings. The molecule has 0 aliphatic heterocycles. The van der Waals surface area contributed by atoms with E-state index in [1.54, 1.807) is 0 Å². The third-order valence-electron chi connectivity index (χ3n) is 2.29. The molecule has 0 saturated heterocycles. The molecule has 0 heterocycles. The summed E-state index contributed by atoms with van der Waals surface area (Å²) in [6.07, 6.45) is 8.46. The Kier molecular flexibility index (Phi) is 3.81. The molecule has 1 aliphatic rings. The van der Waals surface area contributed by atoms with E-state index in [0.717, 1.165) is 6.04 Å². The molecule has 1 fully saturated rings. The molecule has 0 atom stereocenters. The zero-order valence-corrected chi connectivity index (χ0v) is 7.03. The lowest BCUT2D eigenvalue weighted by Crippen LogP contribution is -2.31. The number of hydrogen-bond acceptors (Lipinski definition) is 1. The van der Waals surface area contributed by atoms with E-state index in [2.05, 4.69) is 12.2 Å². The Balaban J connectivity index is 0.000001000. The summed E-state index contributed by atoms with van der Waals surface area (Å²) in [7, 11) is 0. The first-order valence-corrected chi connectivity index (χ1v) is 4.67. The molecule has 1 rings (SSSR count). The SMILES string of the molecule is CCCNC1CCCCC1.[HH]. The Bertz CT molecular complexity index is 79.6. The van der Waals surface area contributed by atoms with E-state index in [4.69, 9.17) is 0 Å². The Morgan fingerprint density at radius 2 is 2.00 bits per heavy atom.